The zero-order chi connectivity index (χ0) is 13.2. The summed E-state index contributed by atoms with van der Waals surface area (Å²) in [6.45, 7) is 7.18. The molecule has 0 bridgehead atoms. The predicted octanol–water partition coefficient (Wildman–Crippen LogP) is 1.86. The lowest BCUT2D eigenvalue weighted by Crippen LogP contribution is -2.47. The highest BCUT2D eigenvalue weighted by Crippen LogP contribution is 2.38. The summed E-state index contributed by atoms with van der Waals surface area (Å²) >= 11 is 0. The fraction of sp³-hybridized carbons (Fsp3) is 1.00. The molecule has 2 saturated carbocycles. The summed E-state index contributed by atoms with van der Waals surface area (Å²) in [7, 11) is 2.23. The van der Waals surface area contributed by atoms with Crippen molar-refractivity contribution in [3.05, 3.63) is 0 Å². The maximum atomic E-state index is 9.54. The van der Waals surface area contributed by atoms with Gasteiger partial charge in [-0.1, -0.05) is 6.92 Å². The van der Waals surface area contributed by atoms with Gasteiger partial charge in [0.1, 0.15) is 0 Å². The average molecular weight is 254 g/mol. The molecule has 0 aromatic heterocycles. The van der Waals surface area contributed by atoms with Crippen molar-refractivity contribution >= 4 is 0 Å². The predicted molar refractivity (Wildman–Crippen MR) is 75.7 cm³/mol. The molecular weight excluding hydrogens is 224 g/mol. The van der Waals surface area contributed by atoms with Crippen LogP contribution in [0.15, 0.2) is 0 Å². The molecule has 18 heavy (non-hydrogen) atoms. The van der Waals surface area contributed by atoms with E-state index in [2.05, 4.69) is 31.1 Å². The van der Waals surface area contributed by atoms with E-state index in [0.717, 1.165) is 24.8 Å². The minimum atomic E-state index is -0.0606. The SMILES string of the molecule is CC1CC1CN(C)CCCC(C)(CO)NC1CC1. The minimum Gasteiger partial charge on any atom is -0.394 e. The van der Waals surface area contributed by atoms with Gasteiger partial charge >= 0.3 is 0 Å². The second kappa shape index (κ2) is 5.89. The molecule has 2 fully saturated rings. The minimum absolute atomic E-state index is 0.0606. The zero-order valence-corrected chi connectivity index (χ0v) is 12.3. The quantitative estimate of drug-likeness (QED) is 0.659. The Kier molecular flexibility index (Phi) is 4.68. The number of aliphatic hydroxyl groups is 1. The van der Waals surface area contributed by atoms with Crippen LogP contribution in [0.4, 0.5) is 0 Å². The number of rotatable bonds is 9. The summed E-state index contributed by atoms with van der Waals surface area (Å²) in [6.07, 6.45) is 6.24. The topological polar surface area (TPSA) is 35.5 Å². The van der Waals surface area contributed by atoms with Gasteiger partial charge in [0.2, 0.25) is 0 Å². The molecule has 3 atom stereocenters. The average Bonchev–Trinajstić information content (AvgIpc) is 3.21. The van der Waals surface area contributed by atoms with E-state index in [4.69, 9.17) is 0 Å². The summed E-state index contributed by atoms with van der Waals surface area (Å²) in [6, 6.07) is 0.673. The second-order valence-electron chi connectivity index (χ2n) is 6.98. The van der Waals surface area contributed by atoms with Crippen LogP contribution in [0.25, 0.3) is 0 Å². The van der Waals surface area contributed by atoms with Gasteiger partial charge in [-0.2, -0.15) is 0 Å². The van der Waals surface area contributed by atoms with E-state index in [1.165, 1.54) is 32.2 Å². The smallest absolute Gasteiger partial charge is 0.0610 e. The Morgan fingerprint density at radius 2 is 2.06 bits per heavy atom. The summed E-state index contributed by atoms with van der Waals surface area (Å²) in [5.74, 6) is 1.90. The molecule has 2 aliphatic rings. The molecule has 3 heteroatoms. The maximum absolute atomic E-state index is 9.54. The van der Waals surface area contributed by atoms with Crippen LogP contribution in [0.3, 0.4) is 0 Å². The maximum Gasteiger partial charge on any atom is 0.0610 e. The molecule has 0 aromatic rings. The Morgan fingerprint density at radius 1 is 1.39 bits per heavy atom. The first-order chi connectivity index (χ1) is 8.52. The fourth-order valence-electron chi connectivity index (χ4n) is 2.80. The van der Waals surface area contributed by atoms with Gasteiger partial charge in [-0.15, -0.1) is 0 Å². The molecule has 2 N–H and O–H groups in total. The molecule has 0 aromatic carbocycles. The number of aliphatic hydroxyl groups excluding tert-OH is 1. The van der Waals surface area contributed by atoms with E-state index in [0.29, 0.717) is 6.04 Å². The molecule has 0 saturated heterocycles. The highest BCUT2D eigenvalue weighted by Gasteiger charge is 2.34. The number of hydrogen-bond acceptors (Lipinski definition) is 3. The molecular formula is C15H30N2O. The van der Waals surface area contributed by atoms with E-state index in [-0.39, 0.29) is 12.1 Å². The fourth-order valence-corrected chi connectivity index (χ4v) is 2.80. The van der Waals surface area contributed by atoms with Crippen LogP contribution in [-0.4, -0.2) is 48.3 Å². The molecule has 0 spiro atoms. The van der Waals surface area contributed by atoms with E-state index in [1.54, 1.807) is 0 Å². The molecule has 0 radical (unpaired) electrons. The van der Waals surface area contributed by atoms with Gasteiger partial charge in [0.05, 0.1) is 6.61 Å². The summed E-state index contributed by atoms with van der Waals surface area (Å²) in [5.41, 5.74) is -0.0606. The standard InChI is InChI=1S/C15H30N2O/c1-12-9-13(12)10-17(3)8-4-7-15(2,11-18)16-14-5-6-14/h12-14,16,18H,4-11H2,1-3H3. The third-order valence-electron chi connectivity index (χ3n) is 4.57. The second-order valence-corrected chi connectivity index (χ2v) is 6.98. The van der Waals surface area contributed by atoms with Crippen LogP contribution in [-0.2, 0) is 0 Å². The summed E-state index contributed by atoms with van der Waals surface area (Å²) in [5, 5.41) is 13.1. The van der Waals surface area contributed by atoms with E-state index >= 15 is 0 Å². The Hall–Kier alpha value is -0.120. The normalized spacial score (nSPS) is 30.5. The lowest BCUT2D eigenvalue weighted by atomic mass is 9.96. The Labute approximate surface area is 112 Å². The van der Waals surface area contributed by atoms with Crippen LogP contribution in [0.5, 0.6) is 0 Å². The number of hydrogen-bond donors (Lipinski definition) is 2. The van der Waals surface area contributed by atoms with Crippen molar-refractivity contribution in [1.29, 1.82) is 0 Å². The van der Waals surface area contributed by atoms with Crippen molar-refractivity contribution in [2.24, 2.45) is 11.8 Å². The van der Waals surface area contributed by atoms with Crippen LogP contribution in [0, 0.1) is 11.8 Å². The molecule has 0 heterocycles. The molecule has 3 unspecified atom stereocenters. The lowest BCUT2D eigenvalue weighted by molar-refractivity contribution is 0.156. The molecule has 0 aliphatic heterocycles. The van der Waals surface area contributed by atoms with Crippen molar-refractivity contribution < 1.29 is 5.11 Å². The molecule has 3 nitrogen and oxygen atoms in total. The third-order valence-corrected chi connectivity index (χ3v) is 4.57. The molecule has 2 rings (SSSR count). The van der Waals surface area contributed by atoms with Crippen molar-refractivity contribution in [1.82, 2.24) is 10.2 Å². The summed E-state index contributed by atoms with van der Waals surface area (Å²) in [4.78, 5) is 2.46. The van der Waals surface area contributed by atoms with Crippen molar-refractivity contribution in [3.8, 4) is 0 Å². The monoisotopic (exact) mass is 254 g/mol. The first-order valence-corrected chi connectivity index (χ1v) is 7.59. The highest BCUT2D eigenvalue weighted by molar-refractivity contribution is 4.92. The van der Waals surface area contributed by atoms with Crippen LogP contribution in [0.1, 0.15) is 46.0 Å². The van der Waals surface area contributed by atoms with Crippen LogP contribution >= 0.6 is 0 Å². The first kappa shape index (κ1) is 14.3. The van der Waals surface area contributed by atoms with Gasteiger partial charge in [-0.05, 0) is 64.5 Å². The largest absolute Gasteiger partial charge is 0.394 e. The zero-order valence-electron chi connectivity index (χ0n) is 12.3. The van der Waals surface area contributed by atoms with Gasteiger partial charge in [0.25, 0.3) is 0 Å². The molecule has 0 amide bonds. The lowest BCUT2D eigenvalue weighted by Gasteiger charge is -2.30. The van der Waals surface area contributed by atoms with E-state index < -0.39 is 0 Å². The van der Waals surface area contributed by atoms with Crippen molar-refractivity contribution in [3.63, 3.8) is 0 Å². The number of nitrogens with one attached hydrogen (secondary N) is 1. The number of nitrogens with zero attached hydrogens (tertiary/aromatic N) is 1. The van der Waals surface area contributed by atoms with Gasteiger partial charge in [0, 0.05) is 18.1 Å². The van der Waals surface area contributed by atoms with Gasteiger partial charge in [0.15, 0.2) is 0 Å². The molecule has 2 aliphatic carbocycles. The van der Waals surface area contributed by atoms with Gasteiger partial charge in [-0.25, -0.2) is 0 Å². The molecule has 106 valence electrons. The first-order valence-electron chi connectivity index (χ1n) is 7.59. The highest BCUT2D eigenvalue weighted by atomic mass is 16.3. The van der Waals surface area contributed by atoms with E-state index in [1.807, 2.05) is 0 Å². The van der Waals surface area contributed by atoms with Crippen molar-refractivity contribution in [2.75, 3.05) is 26.7 Å². The van der Waals surface area contributed by atoms with E-state index in [9.17, 15) is 5.11 Å². The van der Waals surface area contributed by atoms with Gasteiger partial charge in [-0.3, -0.25) is 0 Å². The van der Waals surface area contributed by atoms with Crippen molar-refractivity contribution in [2.45, 2.75) is 57.5 Å². The van der Waals surface area contributed by atoms with Crippen LogP contribution < -0.4 is 5.32 Å². The Morgan fingerprint density at radius 3 is 2.56 bits per heavy atom. The Bertz CT molecular complexity index is 267. The van der Waals surface area contributed by atoms with Gasteiger partial charge < -0.3 is 15.3 Å². The Balaban J connectivity index is 1.59. The van der Waals surface area contributed by atoms with Crippen LogP contribution in [0.2, 0.25) is 0 Å². The summed E-state index contributed by atoms with van der Waals surface area (Å²) < 4.78 is 0. The third kappa shape index (κ3) is 4.52.